The van der Waals surface area contributed by atoms with E-state index in [2.05, 4.69) is 57.7 Å². The molecule has 0 atom stereocenters. The molecule has 0 saturated heterocycles. The summed E-state index contributed by atoms with van der Waals surface area (Å²) in [6.07, 6.45) is 0.666. The minimum atomic E-state index is -0.322. The van der Waals surface area contributed by atoms with Crippen LogP contribution in [0.25, 0.3) is 33.5 Å². The molecule has 0 bridgehead atoms. The molecule has 0 saturated carbocycles. The SMILES string of the molecule is CC(C)(C)Cc1nc2c(Cl)n[nH]c(=O)c2n1Cc1ccccc1-c1ccccc1-c1nn[nH]n1. The molecule has 0 spiro atoms. The molecular formula is C24H23ClN8O. The van der Waals surface area contributed by atoms with Crippen LogP contribution in [-0.2, 0) is 13.0 Å². The molecule has 5 aromatic rings. The van der Waals surface area contributed by atoms with Gasteiger partial charge in [-0.05, 0) is 27.3 Å². The summed E-state index contributed by atoms with van der Waals surface area (Å²) in [6, 6.07) is 16.0. The van der Waals surface area contributed by atoms with E-state index in [4.69, 9.17) is 16.6 Å². The molecule has 2 aromatic carbocycles. The first kappa shape index (κ1) is 22.0. The van der Waals surface area contributed by atoms with E-state index in [0.717, 1.165) is 28.1 Å². The highest BCUT2D eigenvalue weighted by Crippen LogP contribution is 2.33. The molecule has 2 N–H and O–H groups in total. The molecule has 34 heavy (non-hydrogen) atoms. The number of halogens is 1. The Morgan fingerprint density at radius 3 is 2.38 bits per heavy atom. The summed E-state index contributed by atoms with van der Waals surface area (Å²) in [5, 5.41) is 21.1. The lowest BCUT2D eigenvalue weighted by atomic mass is 9.91. The van der Waals surface area contributed by atoms with Crippen molar-refractivity contribution in [3.63, 3.8) is 0 Å². The maximum atomic E-state index is 12.8. The van der Waals surface area contributed by atoms with E-state index in [-0.39, 0.29) is 16.1 Å². The van der Waals surface area contributed by atoms with Crippen LogP contribution in [-0.4, -0.2) is 40.4 Å². The Morgan fingerprint density at radius 2 is 1.68 bits per heavy atom. The fourth-order valence-corrected chi connectivity index (χ4v) is 4.31. The predicted molar refractivity (Wildman–Crippen MR) is 130 cm³/mol. The van der Waals surface area contributed by atoms with Crippen molar-refractivity contribution >= 4 is 22.6 Å². The normalized spacial score (nSPS) is 11.9. The zero-order valence-corrected chi connectivity index (χ0v) is 19.8. The zero-order valence-electron chi connectivity index (χ0n) is 19.0. The maximum absolute atomic E-state index is 12.8. The van der Waals surface area contributed by atoms with Crippen LogP contribution in [0.3, 0.4) is 0 Å². The van der Waals surface area contributed by atoms with E-state index < -0.39 is 0 Å². The third-order valence-electron chi connectivity index (χ3n) is 5.55. The van der Waals surface area contributed by atoms with Crippen molar-refractivity contribution < 1.29 is 0 Å². The quantitative estimate of drug-likeness (QED) is 0.393. The second-order valence-corrected chi connectivity index (χ2v) is 9.69. The second kappa shape index (κ2) is 8.49. The van der Waals surface area contributed by atoms with Crippen LogP contribution in [0.4, 0.5) is 0 Å². The van der Waals surface area contributed by atoms with Crippen LogP contribution in [0, 0.1) is 5.41 Å². The average molecular weight is 475 g/mol. The highest BCUT2D eigenvalue weighted by Gasteiger charge is 2.23. The van der Waals surface area contributed by atoms with Crippen molar-refractivity contribution in [2.45, 2.75) is 33.7 Å². The van der Waals surface area contributed by atoms with E-state index in [1.807, 2.05) is 47.0 Å². The Hall–Kier alpha value is -3.85. The monoisotopic (exact) mass is 474 g/mol. The summed E-state index contributed by atoms with van der Waals surface area (Å²) in [7, 11) is 0. The van der Waals surface area contributed by atoms with Crippen molar-refractivity contribution in [1.29, 1.82) is 0 Å². The smallest absolute Gasteiger partial charge is 0.290 e. The Labute approximate surface area is 200 Å². The number of nitrogens with zero attached hydrogens (tertiary/aromatic N) is 6. The molecule has 0 unspecified atom stereocenters. The number of benzene rings is 2. The summed E-state index contributed by atoms with van der Waals surface area (Å²) in [5.41, 5.74) is 4.31. The molecule has 0 radical (unpaired) electrons. The number of aromatic amines is 2. The third-order valence-corrected chi connectivity index (χ3v) is 5.81. The van der Waals surface area contributed by atoms with Crippen molar-refractivity contribution in [2.75, 3.05) is 0 Å². The van der Waals surface area contributed by atoms with E-state index in [9.17, 15) is 4.79 Å². The first-order valence-electron chi connectivity index (χ1n) is 10.9. The lowest BCUT2D eigenvalue weighted by Crippen LogP contribution is -2.18. The average Bonchev–Trinajstić information content (AvgIpc) is 3.45. The number of rotatable bonds is 5. The first-order chi connectivity index (χ1) is 16.3. The molecule has 10 heteroatoms. The number of hydrogen-bond donors (Lipinski definition) is 2. The molecular weight excluding hydrogens is 452 g/mol. The van der Waals surface area contributed by atoms with Gasteiger partial charge in [0.25, 0.3) is 5.56 Å². The number of tetrazole rings is 1. The molecule has 9 nitrogen and oxygen atoms in total. The van der Waals surface area contributed by atoms with Crippen LogP contribution in [0.5, 0.6) is 0 Å². The Balaban J connectivity index is 1.69. The molecule has 172 valence electrons. The highest BCUT2D eigenvalue weighted by atomic mass is 35.5. The maximum Gasteiger partial charge on any atom is 0.290 e. The number of fused-ring (bicyclic) bond motifs is 1. The Bertz CT molecular complexity index is 1530. The van der Waals surface area contributed by atoms with Gasteiger partial charge in [0.2, 0.25) is 5.82 Å². The van der Waals surface area contributed by atoms with Gasteiger partial charge in [-0.2, -0.15) is 10.3 Å². The van der Waals surface area contributed by atoms with Crippen LogP contribution < -0.4 is 5.56 Å². The largest absolute Gasteiger partial charge is 0.319 e. The first-order valence-corrected chi connectivity index (χ1v) is 11.2. The molecule has 0 fully saturated rings. The van der Waals surface area contributed by atoms with Crippen LogP contribution in [0.2, 0.25) is 5.15 Å². The number of nitrogens with one attached hydrogen (secondary N) is 2. The van der Waals surface area contributed by atoms with Crippen molar-refractivity contribution in [2.24, 2.45) is 5.41 Å². The minimum absolute atomic E-state index is 0.0451. The predicted octanol–water partition coefficient (Wildman–Crippen LogP) is 4.26. The van der Waals surface area contributed by atoms with Gasteiger partial charge < -0.3 is 4.57 Å². The topological polar surface area (TPSA) is 118 Å². The fraction of sp³-hybridized carbons (Fsp3) is 0.250. The van der Waals surface area contributed by atoms with Crippen LogP contribution >= 0.6 is 11.6 Å². The minimum Gasteiger partial charge on any atom is -0.319 e. The van der Waals surface area contributed by atoms with Crippen molar-refractivity contribution in [3.05, 3.63) is 75.4 Å². The van der Waals surface area contributed by atoms with Gasteiger partial charge in [-0.1, -0.05) is 80.9 Å². The fourth-order valence-electron chi connectivity index (χ4n) is 4.14. The molecule has 0 amide bonds. The lowest BCUT2D eigenvalue weighted by molar-refractivity contribution is 0.394. The van der Waals surface area contributed by atoms with Gasteiger partial charge >= 0.3 is 0 Å². The van der Waals surface area contributed by atoms with E-state index in [1.54, 1.807) is 0 Å². The van der Waals surface area contributed by atoms with E-state index in [0.29, 0.717) is 29.8 Å². The molecule has 0 aliphatic rings. The number of H-pyrrole nitrogens is 2. The van der Waals surface area contributed by atoms with Crippen molar-refractivity contribution in [1.82, 2.24) is 40.4 Å². The number of aromatic nitrogens is 8. The summed E-state index contributed by atoms with van der Waals surface area (Å²) >= 11 is 6.31. The van der Waals surface area contributed by atoms with Crippen LogP contribution in [0.1, 0.15) is 32.2 Å². The second-order valence-electron chi connectivity index (χ2n) is 9.33. The lowest BCUT2D eigenvalue weighted by Gasteiger charge is -2.20. The number of hydrogen-bond acceptors (Lipinski definition) is 6. The Kier molecular flexibility index (Phi) is 5.49. The molecule has 0 aliphatic carbocycles. The molecule has 3 aromatic heterocycles. The Morgan fingerprint density at radius 1 is 0.971 bits per heavy atom. The third kappa shape index (κ3) is 4.10. The van der Waals surface area contributed by atoms with E-state index >= 15 is 0 Å². The molecule has 3 heterocycles. The van der Waals surface area contributed by atoms with Crippen molar-refractivity contribution in [3.8, 4) is 22.5 Å². The molecule has 0 aliphatic heterocycles. The summed E-state index contributed by atoms with van der Waals surface area (Å²) in [5.74, 6) is 1.30. The van der Waals surface area contributed by atoms with Gasteiger partial charge in [0.05, 0.1) is 6.54 Å². The summed E-state index contributed by atoms with van der Waals surface area (Å²) in [4.78, 5) is 17.6. The van der Waals surface area contributed by atoms with Gasteiger partial charge in [-0.15, -0.1) is 10.2 Å². The molecule has 5 rings (SSSR count). The van der Waals surface area contributed by atoms with Gasteiger partial charge in [-0.25, -0.2) is 10.1 Å². The van der Waals surface area contributed by atoms with Gasteiger partial charge in [0, 0.05) is 12.0 Å². The van der Waals surface area contributed by atoms with E-state index in [1.165, 1.54) is 0 Å². The van der Waals surface area contributed by atoms with Crippen LogP contribution in [0.15, 0.2) is 53.3 Å². The zero-order chi connectivity index (χ0) is 23.9. The van der Waals surface area contributed by atoms with Gasteiger partial charge in [0.15, 0.2) is 5.15 Å². The highest BCUT2D eigenvalue weighted by molar-refractivity contribution is 6.33. The van der Waals surface area contributed by atoms with Gasteiger partial charge in [0.1, 0.15) is 16.9 Å². The van der Waals surface area contributed by atoms with Gasteiger partial charge in [-0.3, -0.25) is 4.79 Å². The number of imidazole rings is 1. The standard InChI is InChI=1S/C24H23ClN8O/c1-24(2,3)12-18-26-19-20(23(34)30-27-21(19)25)33(18)13-14-8-4-5-9-15(14)16-10-6-7-11-17(16)22-28-31-32-29-22/h4-11H,12-13H2,1-3H3,(H,30,34)(H,28,29,31,32). The summed E-state index contributed by atoms with van der Waals surface area (Å²) in [6.45, 7) is 6.84. The summed E-state index contributed by atoms with van der Waals surface area (Å²) < 4.78 is 1.95.